The molecule has 74 valence electrons. The fourth-order valence-corrected chi connectivity index (χ4v) is 2.52. The van der Waals surface area contributed by atoms with Crippen LogP contribution in [0.1, 0.15) is 26.3 Å². The van der Waals surface area contributed by atoms with Crippen molar-refractivity contribution in [3.63, 3.8) is 0 Å². The average molecular weight is 205 g/mol. The molecule has 0 aliphatic carbocycles. The lowest BCUT2D eigenvalue weighted by atomic mass is 10.1. The first-order valence-corrected chi connectivity index (χ1v) is 5.32. The van der Waals surface area contributed by atoms with E-state index >= 15 is 0 Å². The van der Waals surface area contributed by atoms with Crippen LogP contribution in [0.3, 0.4) is 0 Å². The summed E-state index contributed by atoms with van der Waals surface area (Å²) in [6.07, 6.45) is 0.919. The van der Waals surface area contributed by atoms with Gasteiger partial charge in [-0.2, -0.15) is 0 Å². The number of rotatable bonds is 0. The van der Waals surface area contributed by atoms with E-state index in [9.17, 15) is 0 Å². The molecule has 0 saturated heterocycles. The zero-order valence-electron chi connectivity index (χ0n) is 8.87. The van der Waals surface area contributed by atoms with Crippen LogP contribution in [-0.2, 0) is 6.42 Å². The van der Waals surface area contributed by atoms with E-state index in [0.717, 1.165) is 11.4 Å². The van der Waals surface area contributed by atoms with E-state index in [2.05, 4.69) is 49.9 Å². The summed E-state index contributed by atoms with van der Waals surface area (Å²) >= 11 is 5.42. The molecule has 0 spiro atoms. The zero-order chi connectivity index (χ0) is 10.3. The van der Waals surface area contributed by atoms with Crippen LogP contribution in [0.4, 0.5) is 5.69 Å². The molecule has 0 aromatic heterocycles. The minimum atomic E-state index is 0.0870. The van der Waals surface area contributed by atoms with E-state index in [-0.39, 0.29) is 5.54 Å². The molecule has 1 aromatic carbocycles. The first-order chi connectivity index (χ1) is 6.50. The summed E-state index contributed by atoms with van der Waals surface area (Å²) in [5.74, 6) is 0. The first-order valence-electron chi connectivity index (χ1n) is 4.91. The molecule has 1 heterocycles. The number of benzene rings is 1. The fourth-order valence-electron chi connectivity index (χ4n) is 1.99. The maximum absolute atomic E-state index is 5.42. The quantitative estimate of drug-likeness (QED) is 0.598. The zero-order valence-corrected chi connectivity index (χ0v) is 9.69. The summed E-state index contributed by atoms with van der Waals surface area (Å²) in [5, 5.41) is 0. The highest BCUT2D eigenvalue weighted by Crippen LogP contribution is 2.34. The largest absolute Gasteiger partial charge is 0.330 e. The Morgan fingerprint density at radius 2 is 1.86 bits per heavy atom. The molecule has 2 heteroatoms. The summed E-state index contributed by atoms with van der Waals surface area (Å²) in [7, 11) is 0. The molecule has 0 fully saturated rings. The maximum Gasteiger partial charge on any atom is 0.0873 e. The second-order valence-corrected chi connectivity index (χ2v) is 5.18. The van der Waals surface area contributed by atoms with Gasteiger partial charge in [0.25, 0.3) is 0 Å². The van der Waals surface area contributed by atoms with Gasteiger partial charge in [0.15, 0.2) is 0 Å². The molecule has 14 heavy (non-hydrogen) atoms. The highest BCUT2D eigenvalue weighted by molar-refractivity contribution is 7.80. The number of nitrogens with zero attached hydrogens (tertiary/aromatic N) is 1. The predicted molar refractivity (Wildman–Crippen MR) is 65.0 cm³/mol. The van der Waals surface area contributed by atoms with E-state index in [0.29, 0.717) is 0 Å². The number of anilines is 1. The van der Waals surface area contributed by atoms with Crippen LogP contribution < -0.4 is 4.90 Å². The van der Waals surface area contributed by atoms with E-state index < -0.39 is 0 Å². The van der Waals surface area contributed by atoms with Gasteiger partial charge in [0, 0.05) is 17.6 Å². The van der Waals surface area contributed by atoms with E-state index in [1.54, 1.807) is 0 Å². The van der Waals surface area contributed by atoms with Gasteiger partial charge in [-0.1, -0.05) is 30.4 Å². The Balaban J connectivity index is 2.50. The third-order valence-electron chi connectivity index (χ3n) is 2.49. The van der Waals surface area contributed by atoms with E-state index in [1.807, 2.05) is 0 Å². The van der Waals surface area contributed by atoms with Gasteiger partial charge in [0.2, 0.25) is 0 Å². The lowest BCUT2D eigenvalue weighted by Gasteiger charge is -2.34. The minimum absolute atomic E-state index is 0.0870. The Labute approximate surface area is 90.7 Å². The van der Waals surface area contributed by atoms with Crippen molar-refractivity contribution >= 4 is 22.9 Å². The van der Waals surface area contributed by atoms with Crippen LogP contribution >= 0.6 is 12.2 Å². The minimum Gasteiger partial charge on any atom is -0.330 e. The van der Waals surface area contributed by atoms with E-state index in [4.69, 9.17) is 12.2 Å². The van der Waals surface area contributed by atoms with Gasteiger partial charge >= 0.3 is 0 Å². The molecule has 1 aliphatic heterocycles. The molecule has 0 unspecified atom stereocenters. The summed E-state index contributed by atoms with van der Waals surface area (Å²) in [6.45, 7) is 6.59. The summed E-state index contributed by atoms with van der Waals surface area (Å²) in [5.41, 5.74) is 2.72. The van der Waals surface area contributed by atoms with Crippen LogP contribution in [0.2, 0.25) is 0 Å². The van der Waals surface area contributed by atoms with Gasteiger partial charge in [0.1, 0.15) is 0 Å². The highest BCUT2D eigenvalue weighted by Gasteiger charge is 2.31. The summed E-state index contributed by atoms with van der Waals surface area (Å²) < 4.78 is 0. The third-order valence-corrected chi connectivity index (χ3v) is 2.82. The molecule has 0 bridgehead atoms. The highest BCUT2D eigenvalue weighted by atomic mass is 32.1. The summed E-state index contributed by atoms with van der Waals surface area (Å²) in [6, 6.07) is 8.46. The molecular formula is C12H15NS. The Kier molecular flexibility index (Phi) is 2.11. The van der Waals surface area contributed by atoms with Crippen molar-refractivity contribution in [3.8, 4) is 0 Å². The third kappa shape index (κ3) is 1.44. The van der Waals surface area contributed by atoms with E-state index in [1.165, 1.54) is 11.3 Å². The topological polar surface area (TPSA) is 3.24 Å². The van der Waals surface area contributed by atoms with Gasteiger partial charge in [-0.25, -0.2) is 0 Å². The fraction of sp³-hybridized carbons (Fsp3) is 0.417. The molecule has 1 aliphatic rings. The van der Waals surface area contributed by atoms with Crippen molar-refractivity contribution in [2.45, 2.75) is 32.7 Å². The Morgan fingerprint density at radius 3 is 2.50 bits per heavy atom. The van der Waals surface area contributed by atoms with Crippen molar-refractivity contribution in [3.05, 3.63) is 29.8 Å². The number of para-hydroxylation sites is 1. The van der Waals surface area contributed by atoms with Gasteiger partial charge in [0.05, 0.1) is 4.99 Å². The standard InChI is InChI=1S/C12H15NS/c1-12(2,3)13-10-7-5-4-6-9(10)8-11(13)14/h4-7H,8H2,1-3H3. The van der Waals surface area contributed by atoms with Crippen molar-refractivity contribution in [1.29, 1.82) is 0 Å². The normalized spacial score (nSPS) is 15.9. The number of thiocarbonyl (C=S) groups is 1. The average Bonchev–Trinajstić information content (AvgIpc) is 2.38. The predicted octanol–water partition coefficient (Wildman–Crippen LogP) is 3.18. The van der Waals surface area contributed by atoms with Gasteiger partial charge < -0.3 is 4.90 Å². The SMILES string of the molecule is CC(C)(C)N1C(=S)Cc2ccccc21. The van der Waals surface area contributed by atoms with Crippen molar-refractivity contribution in [2.75, 3.05) is 4.90 Å². The second kappa shape index (κ2) is 3.06. The maximum atomic E-state index is 5.42. The van der Waals surface area contributed by atoms with Crippen LogP contribution in [0, 0.1) is 0 Å². The lowest BCUT2D eigenvalue weighted by Crippen LogP contribution is -2.42. The lowest BCUT2D eigenvalue weighted by molar-refractivity contribution is 0.576. The van der Waals surface area contributed by atoms with Crippen LogP contribution in [-0.4, -0.2) is 10.5 Å². The molecule has 0 radical (unpaired) electrons. The molecule has 1 aromatic rings. The Morgan fingerprint density at radius 1 is 1.21 bits per heavy atom. The monoisotopic (exact) mass is 205 g/mol. The van der Waals surface area contributed by atoms with Gasteiger partial charge in [-0.15, -0.1) is 0 Å². The van der Waals surface area contributed by atoms with Crippen LogP contribution in [0.25, 0.3) is 0 Å². The summed E-state index contributed by atoms with van der Waals surface area (Å²) in [4.78, 5) is 3.30. The van der Waals surface area contributed by atoms with Crippen molar-refractivity contribution < 1.29 is 0 Å². The number of fused-ring (bicyclic) bond motifs is 1. The Hall–Kier alpha value is -0.890. The molecular weight excluding hydrogens is 190 g/mol. The van der Waals surface area contributed by atoms with Crippen LogP contribution in [0.5, 0.6) is 0 Å². The van der Waals surface area contributed by atoms with Crippen LogP contribution in [0.15, 0.2) is 24.3 Å². The Bertz CT molecular complexity index is 376. The molecule has 1 nitrogen and oxygen atoms in total. The van der Waals surface area contributed by atoms with Crippen molar-refractivity contribution in [2.24, 2.45) is 0 Å². The van der Waals surface area contributed by atoms with Crippen molar-refractivity contribution in [1.82, 2.24) is 0 Å². The van der Waals surface area contributed by atoms with Gasteiger partial charge in [-0.3, -0.25) is 0 Å². The first kappa shape index (κ1) is 9.66. The smallest absolute Gasteiger partial charge is 0.0873 e. The van der Waals surface area contributed by atoms with Gasteiger partial charge in [-0.05, 0) is 32.4 Å². The molecule has 0 N–H and O–H groups in total. The molecule has 0 atom stereocenters. The second-order valence-electron chi connectivity index (χ2n) is 4.71. The molecule has 0 saturated carbocycles. The molecule has 0 amide bonds. The number of hydrogen-bond acceptors (Lipinski definition) is 1. The molecule has 2 rings (SSSR count). The number of hydrogen-bond donors (Lipinski definition) is 0.